The number of nitro groups is 1. The van der Waals surface area contributed by atoms with Crippen LogP contribution in [0.25, 0.3) is 0 Å². The molecular weight excluding hydrogens is 296 g/mol. The SMILES string of the molecule is Cc1nn(CC(=O)N2c3ccccc3CC2C)c(C)c1[N+](=O)[O-]. The molecule has 0 aliphatic carbocycles. The molecule has 0 saturated carbocycles. The van der Waals surface area contributed by atoms with E-state index in [2.05, 4.69) is 5.10 Å². The van der Waals surface area contributed by atoms with E-state index >= 15 is 0 Å². The summed E-state index contributed by atoms with van der Waals surface area (Å²) in [4.78, 5) is 25.1. The van der Waals surface area contributed by atoms with Gasteiger partial charge in [-0.05, 0) is 38.8 Å². The number of nitrogens with zero attached hydrogens (tertiary/aromatic N) is 4. The summed E-state index contributed by atoms with van der Waals surface area (Å²) in [6.07, 6.45) is 0.819. The minimum atomic E-state index is -0.452. The molecule has 0 bridgehead atoms. The molecule has 7 nitrogen and oxygen atoms in total. The Balaban J connectivity index is 1.89. The summed E-state index contributed by atoms with van der Waals surface area (Å²) in [5, 5.41) is 15.2. The molecule has 0 fully saturated rings. The van der Waals surface area contributed by atoms with Crippen LogP contribution in [0.1, 0.15) is 23.9 Å². The largest absolute Gasteiger partial charge is 0.312 e. The average Bonchev–Trinajstić information content (AvgIpc) is 2.95. The van der Waals surface area contributed by atoms with Gasteiger partial charge in [-0.1, -0.05) is 18.2 Å². The Morgan fingerprint density at radius 3 is 2.74 bits per heavy atom. The number of hydrogen-bond acceptors (Lipinski definition) is 4. The number of benzene rings is 1. The Labute approximate surface area is 133 Å². The van der Waals surface area contributed by atoms with Crippen LogP contribution in [-0.2, 0) is 17.8 Å². The molecule has 0 spiro atoms. The van der Waals surface area contributed by atoms with E-state index in [9.17, 15) is 14.9 Å². The summed E-state index contributed by atoms with van der Waals surface area (Å²) < 4.78 is 1.42. The van der Waals surface area contributed by atoms with Crippen LogP contribution in [0, 0.1) is 24.0 Å². The number of anilines is 1. The molecule has 2 heterocycles. The maximum absolute atomic E-state index is 12.7. The van der Waals surface area contributed by atoms with Crippen LogP contribution in [-0.4, -0.2) is 26.7 Å². The van der Waals surface area contributed by atoms with E-state index in [0.717, 1.165) is 17.7 Å². The normalized spacial score (nSPS) is 16.5. The van der Waals surface area contributed by atoms with Crippen LogP contribution in [0.5, 0.6) is 0 Å². The van der Waals surface area contributed by atoms with Crippen molar-refractivity contribution in [3.8, 4) is 0 Å². The van der Waals surface area contributed by atoms with Gasteiger partial charge in [0.2, 0.25) is 5.91 Å². The molecule has 1 unspecified atom stereocenters. The van der Waals surface area contributed by atoms with E-state index in [1.54, 1.807) is 18.7 Å². The second kappa shape index (κ2) is 5.49. The Hall–Kier alpha value is -2.70. The summed E-state index contributed by atoms with van der Waals surface area (Å²) in [5.41, 5.74) is 2.78. The van der Waals surface area contributed by atoms with E-state index in [1.165, 1.54) is 4.68 Å². The van der Waals surface area contributed by atoms with Crippen molar-refractivity contribution in [3.63, 3.8) is 0 Å². The third-order valence-electron chi connectivity index (χ3n) is 4.29. The van der Waals surface area contributed by atoms with E-state index in [1.807, 2.05) is 31.2 Å². The molecule has 3 rings (SSSR count). The van der Waals surface area contributed by atoms with Gasteiger partial charge in [-0.15, -0.1) is 0 Å². The molecule has 1 amide bonds. The van der Waals surface area contributed by atoms with Crippen molar-refractivity contribution >= 4 is 17.3 Å². The van der Waals surface area contributed by atoms with Gasteiger partial charge >= 0.3 is 5.69 Å². The van der Waals surface area contributed by atoms with Crippen molar-refractivity contribution in [2.45, 2.75) is 39.8 Å². The van der Waals surface area contributed by atoms with Crippen molar-refractivity contribution in [2.75, 3.05) is 4.90 Å². The molecule has 1 atom stereocenters. The fraction of sp³-hybridized carbons (Fsp3) is 0.375. The summed E-state index contributed by atoms with van der Waals surface area (Å²) >= 11 is 0. The van der Waals surface area contributed by atoms with E-state index in [-0.39, 0.29) is 24.2 Å². The molecule has 2 aromatic rings. The van der Waals surface area contributed by atoms with Gasteiger partial charge in [0, 0.05) is 11.7 Å². The van der Waals surface area contributed by atoms with E-state index in [0.29, 0.717) is 11.4 Å². The Kier molecular flexibility index (Phi) is 3.63. The molecule has 0 saturated heterocycles. The number of rotatable bonds is 3. The van der Waals surface area contributed by atoms with Crippen molar-refractivity contribution in [1.82, 2.24) is 9.78 Å². The van der Waals surface area contributed by atoms with Gasteiger partial charge in [-0.2, -0.15) is 5.10 Å². The highest BCUT2D eigenvalue weighted by molar-refractivity contribution is 5.96. The summed E-state index contributed by atoms with van der Waals surface area (Å²) in [6.45, 7) is 5.20. The number of aryl methyl sites for hydroxylation is 1. The summed E-state index contributed by atoms with van der Waals surface area (Å²) in [7, 11) is 0. The lowest BCUT2D eigenvalue weighted by molar-refractivity contribution is -0.386. The molecule has 0 radical (unpaired) electrons. The van der Waals surface area contributed by atoms with Gasteiger partial charge in [-0.25, -0.2) is 0 Å². The number of aromatic nitrogens is 2. The lowest BCUT2D eigenvalue weighted by Gasteiger charge is -2.22. The van der Waals surface area contributed by atoms with Gasteiger partial charge < -0.3 is 4.90 Å². The highest BCUT2D eigenvalue weighted by atomic mass is 16.6. The zero-order valence-electron chi connectivity index (χ0n) is 13.3. The van der Waals surface area contributed by atoms with Crippen LogP contribution in [0.15, 0.2) is 24.3 Å². The van der Waals surface area contributed by atoms with Gasteiger partial charge in [0.25, 0.3) is 0 Å². The highest BCUT2D eigenvalue weighted by Crippen LogP contribution is 2.32. The first-order valence-corrected chi connectivity index (χ1v) is 7.48. The second-order valence-corrected chi connectivity index (χ2v) is 5.88. The van der Waals surface area contributed by atoms with Gasteiger partial charge in [0.05, 0.1) is 4.92 Å². The molecule has 120 valence electrons. The first kappa shape index (κ1) is 15.2. The van der Waals surface area contributed by atoms with Gasteiger partial charge in [-0.3, -0.25) is 19.6 Å². The van der Waals surface area contributed by atoms with Gasteiger partial charge in [0.15, 0.2) is 0 Å². The minimum Gasteiger partial charge on any atom is -0.307 e. The van der Waals surface area contributed by atoms with E-state index < -0.39 is 4.92 Å². The number of carbonyl (C=O) groups is 1. The predicted molar refractivity (Wildman–Crippen MR) is 85.4 cm³/mol. The third-order valence-corrected chi connectivity index (χ3v) is 4.29. The average molecular weight is 314 g/mol. The Morgan fingerprint density at radius 2 is 2.09 bits per heavy atom. The second-order valence-electron chi connectivity index (χ2n) is 5.88. The maximum Gasteiger partial charge on any atom is 0.312 e. The molecule has 7 heteroatoms. The smallest absolute Gasteiger partial charge is 0.307 e. The molecule has 1 aromatic carbocycles. The zero-order chi connectivity index (χ0) is 16.7. The topological polar surface area (TPSA) is 81.3 Å². The molecule has 1 aliphatic rings. The molecular formula is C16H18N4O3. The molecule has 0 N–H and O–H groups in total. The number of hydrogen-bond donors (Lipinski definition) is 0. The van der Waals surface area contributed by atoms with E-state index in [4.69, 9.17) is 0 Å². The van der Waals surface area contributed by atoms with Crippen molar-refractivity contribution in [1.29, 1.82) is 0 Å². The Bertz CT molecular complexity index is 797. The fourth-order valence-electron chi connectivity index (χ4n) is 3.26. The van der Waals surface area contributed by atoms with Crippen molar-refractivity contribution < 1.29 is 9.72 Å². The number of para-hydroxylation sites is 1. The van der Waals surface area contributed by atoms with Crippen LogP contribution >= 0.6 is 0 Å². The predicted octanol–water partition coefficient (Wildman–Crippen LogP) is 2.39. The highest BCUT2D eigenvalue weighted by Gasteiger charge is 2.31. The number of carbonyl (C=O) groups excluding carboxylic acids is 1. The first-order valence-electron chi connectivity index (χ1n) is 7.48. The lowest BCUT2D eigenvalue weighted by atomic mass is 10.1. The standard InChI is InChI=1S/C16H18N4O3/c1-10-8-13-6-4-5-7-14(13)19(10)15(21)9-18-12(3)16(20(22)23)11(2)17-18/h4-7,10H,8-9H2,1-3H3. The Morgan fingerprint density at radius 1 is 1.39 bits per heavy atom. The zero-order valence-corrected chi connectivity index (χ0v) is 13.3. The van der Waals surface area contributed by atoms with Crippen molar-refractivity contribution in [2.24, 2.45) is 0 Å². The number of amides is 1. The van der Waals surface area contributed by atoms with Gasteiger partial charge in [0.1, 0.15) is 17.9 Å². The molecule has 1 aliphatic heterocycles. The molecule has 1 aromatic heterocycles. The summed E-state index contributed by atoms with van der Waals surface area (Å²) in [5.74, 6) is -0.108. The van der Waals surface area contributed by atoms with Crippen LogP contribution in [0.4, 0.5) is 11.4 Å². The first-order chi connectivity index (χ1) is 10.9. The minimum absolute atomic E-state index is 0.000806. The maximum atomic E-state index is 12.7. The third kappa shape index (κ3) is 2.48. The van der Waals surface area contributed by atoms with Crippen molar-refractivity contribution in [3.05, 3.63) is 51.3 Å². The van der Waals surface area contributed by atoms with Crippen LogP contribution < -0.4 is 4.90 Å². The lowest BCUT2D eigenvalue weighted by Crippen LogP contribution is -2.38. The monoisotopic (exact) mass is 314 g/mol. The molecule has 23 heavy (non-hydrogen) atoms. The quantitative estimate of drug-likeness (QED) is 0.643. The van der Waals surface area contributed by atoms with Crippen LogP contribution in [0.2, 0.25) is 0 Å². The van der Waals surface area contributed by atoms with Crippen LogP contribution in [0.3, 0.4) is 0 Å². The number of fused-ring (bicyclic) bond motifs is 1. The fourth-order valence-corrected chi connectivity index (χ4v) is 3.26. The summed E-state index contributed by atoms with van der Waals surface area (Å²) in [6, 6.07) is 7.90.